The summed E-state index contributed by atoms with van der Waals surface area (Å²) in [5.74, 6) is 1.20. The predicted octanol–water partition coefficient (Wildman–Crippen LogP) is 4.38. The van der Waals surface area contributed by atoms with Crippen molar-refractivity contribution in [3.8, 4) is 5.75 Å². The molecule has 1 saturated heterocycles. The van der Waals surface area contributed by atoms with Crippen molar-refractivity contribution in [2.45, 2.75) is 0 Å². The van der Waals surface area contributed by atoms with E-state index in [9.17, 15) is 4.79 Å². The van der Waals surface area contributed by atoms with Crippen LogP contribution in [-0.2, 0) is 0 Å². The van der Waals surface area contributed by atoms with Crippen molar-refractivity contribution in [1.82, 2.24) is 16.0 Å². The molecule has 5 nitrogen and oxygen atoms in total. The Morgan fingerprint density at radius 1 is 1.23 bits per heavy atom. The summed E-state index contributed by atoms with van der Waals surface area (Å²) in [6.45, 7) is 8.48. The van der Waals surface area contributed by atoms with Crippen LogP contribution in [0.1, 0.15) is 21.5 Å². The first-order valence-corrected chi connectivity index (χ1v) is 11.4. The maximum absolute atomic E-state index is 12.7. The van der Waals surface area contributed by atoms with Gasteiger partial charge in [0.15, 0.2) is 0 Å². The van der Waals surface area contributed by atoms with Crippen LogP contribution in [0.4, 0.5) is 0 Å². The van der Waals surface area contributed by atoms with Crippen molar-refractivity contribution in [2.75, 3.05) is 39.3 Å². The molecule has 1 heterocycles. The summed E-state index contributed by atoms with van der Waals surface area (Å²) in [5.41, 5.74) is 2.41. The van der Waals surface area contributed by atoms with Gasteiger partial charge in [0.2, 0.25) is 0 Å². The third-order valence-corrected chi connectivity index (χ3v) is 5.78. The zero-order valence-electron chi connectivity index (χ0n) is 17.3. The Morgan fingerprint density at radius 2 is 2.06 bits per heavy atom. The van der Waals surface area contributed by atoms with E-state index in [1.807, 2.05) is 42.5 Å². The Hall–Kier alpha value is -2.12. The van der Waals surface area contributed by atoms with E-state index < -0.39 is 0 Å². The molecule has 0 aliphatic carbocycles. The number of carbonyl (C=O) groups is 1. The molecule has 3 rings (SSSR count). The molecule has 0 unspecified atom stereocenters. The fourth-order valence-corrected chi connectivity index (χ4v) is 3.89. The molecule has 0 saturated carbocycles. The van der Waals surface area contributed by atoms with Crippen molar-refractivity contribution in [3.63, 3.8) is 0 Å². The van der Waals surface area contributed by atoms with Gasteiger partial charge in [-0.2, -0.15) is 0 Å². The van der Waals surface area contributed by atoms with E-state index in [0.717, 1.165) is 41.8 Å². The summed E-state index contributed by atoms with van der Waals surface area (Å²) in [7, 11) is 0. The maximum Gasteiger partial charge on any atom is 0.251 e. The molecule has 0 atom stereocenters. The van der Waals surface area contributed by atoms with Crippen LogP contribution in [0, 0.1) is 5.92 Å². The van der Waals surface area contributed by atoms with Crippen molar-refractivity contribution in [2.24, 2.45) is 5.92 Å². The van der Waals surface area contributed by atoms with Gasteiger partial charge in [0, 0.05) is 47.8 Å². The van der Waals surface area contributed by atoms with Crippen molar-refractivity contribution in [3.05, 3.63) is 75.2 Å². The van der Waals surface area contributed by atoms with Gasteiger partial charge in [0.25, 0.3) is 5.91 Å². The summed E-state index contributed by atoms with van der Waals surface area (Å²) in [4.78, 5) is 12.7. The molecule has 31 heavy (non-hydrogen) atoms. The van der Waals surface area contributed by atoms with Crippen LogP contribution in [-0.4, -0.2) is 45.2 Å². The lowest BCUT2D eigenvalue weighted by atomic mass is 10.0. The van der Waals surface area contributed by atoms with Gasteiger partial charge >= 0.3 is 0 Å². The average molecular weight is 505 g/mol. The van der Waals surface area contributed by atoms with Gasteiger partial charge in [0.05, 0.1) is 0 Å². The van der Waals surface area contributed by atoms with Crippen LogP contribution < -0.4 is 20.7 Å². The Morgan fingerprint density at radius 3 is 2.77 bits per heavy atom. The van der Waals surface area contributed by atoms with E-state index in [-0.39, 0.29) is 5.91 Å². The minimum atomic E-state index is -0.126. The van der Waals surface area contributed by atoms with Gasteiger partial charge < -0.3 is 20.7 Å². The monoisotopic (exact) mass is 503 g/mol. The summed E-state index contributed by atoms with van der Waals surface area (Å²) < 4.78 is 6.59. The molecular weight excluding hydrogens is 478 g/mol. The molecule has 164 valence electrons. The van der Waals surface area contributed by atoms with Crippen LogP contribution in [0.25, 0.3) is 12.2 Å². The lowest BCUT2D eigenvalue weighted by Crippen LogP contribution is -2.48. The molecule has 1 amide bonds. The zero-order valence-corrected chi connectivity index (χ0v) is 19.6. The van der Waals surface area contributed by atoms with E-state index >= 15 is 0 Å². The Kier molecular flexibility index (Phi) is 9.15. The highest BCUT2D eigenvalue weighted by molar-refractivity contribution is 9.10. The highest BCUT2D eigenvalue weighted by Gasteiger charge is 2.15. The first-order chi connectivity index (χ1) is 15.0. The third kappa shape index (κ3) is 7.51. The number of halogens is 2. The summed E-state index contributed by atoms with van der Waals surface area (Å²) in [6.07, 6.45) is 5.59. The van der Waals surface area contributed by atoms with Gasteiger partial charge in [-0.3, -0.25) is 4.79 Å². The molecule has 0 bridgehead atoms. The average Bonchev–Trinajstić information content (AvgIpc) is 2.72. The van der Waals surface area contributed by atoms with Crippen LogP contribution >= 0.6 is 27.5 Å². The summed E-state index contributed by atoms with van der Waals surface area (Å²) in [5, 5.41) is 10.3. The number of amides is 1. The van der Waals surface area contributed by atoms with Crippen molar-refractivity contribution in [1.29, 1.82) is 0 Å². The summed E-state index contributed by atoms with van der Waals surface area (Å²) >= 11 is 9.54. The van der Waals surface area contributed by atoms with Gasteiger partial charge in [-0.25, -0.2) is 0 Å². The lowest BCUT2D eigenvalue weighted by Gasteiger charge is -2.27. The highest BCUT2D eigenvalue weighted by atomic mass is 79.9. The quantitative estimate of drug-likeness (QED) is 0.241. The predicted molar refractivity (Wildman–Crippen MR) is 132 cm³/mol. The van der Waals surface area contributed by atoms with Crippen LogP contribution in [0.3, 0.4) is 0 Å². The molecule has 0 spiro atoms. The Balaban J connectivity index is 1.65. The van der Waals surface area contributed by atoms with Crippen LogP contribution in [0.15, 0.2) is 53.5 Å². The first-order valence-electron chi connectivity index (χ1n) is 10.3. The molecule has 7 heteroatoms. The summed E-state index contributed by atoms with van der Waals surface area (Å²) in [6, 6.07) is 11.1. The maximum atomic E-state index is 12.7. The Labute approximate surface area is 197 Å². The second-order valence-corrected chi connectivity index (χ2v) is 8.66. The standard InChI is InChI=1S/C24H27BrClN3O2/c1-2-9-31-22-11-17(3-4-19-5-6-21(26)13-23(19)25)10-20(12-22)24(30)29-8-7-27-14-18-15-28-16-18/h2-6,10-13,18,27-28H,1,7-9,14-16H2,(H,29,30)/b4-3+. The van der Waals surface area contributed by atoms with Crippen LogP contribution in [0.5, 0.6) is 5.75 Å². The second-order valence-electron chi connectivity index (χ2n) is 7.37. The van der Waals surface area contributed by atoms with Gasteiger partial charge in [0.1, 0.15) is 12.4 Å². The van der Waals surface area contributed by atoms with Gasteiger partial charge in [-0.15, -0.1) is 0 Å². The molecular formula is C24H27BrClN3O2. The number of carbonyl (C=O) groups excluding carboxylic acids is 1. The fourth-order valence-electron chi connectivity index (χ4n) is 3.08. The molecule has 1 aliphatic heterocycles. The molecule has 2 aromatic carbocycles. The topological polar surface area (TPSA) is 62.4 Å². The van der Waals surface area contributed by atoms with E-state index in [1.165, 1.54) is 0 Å². The second kappa shape index (κ2) is 12.1. The van der Waals surface area contributed by atoms with E-state index in [4.69, 9.17) is 16.3 Å². The van der Waals surface area contributed by atoms with E-state index in [2.05, 4.69) is 38.5 Å². The SMILES string of the molecule is C=CCOc1cc(/C=C/c2ccc(Cl)cc2Br)cc(C(=O)NCCNCC2CNC2)c1. The van der Waals surface area contributed by atoms with Crippen molar-refractivity contribution < 1.29 is 9.53 Å². The molecule has 1 fully saturated rings. The number of ether oxygens (including phenoxy) is 1. The number of hydrogen-bond acceptors (Lipinski definition) is 4. The van der Waals surface area contributed by atoms with Crippen LogP contribution in [0.2, 0.25) is 5.02 Å². The van der Waals surface area contributed by atoms with E-state index in [0.29, 0.717) is 35.4 Å². The smallest absolute Gasteiger partial charge is 0.251 e. The normalized spacial score (nSPS) is 13.7. The van der Waals surface area contributed by atoms with Gasteiger partial charge in [-0.05, 0) is 47.4 Å². The number of benzene rings is 2. The largest absolute Gasteiger partial charge is 0.490 e. The third-order valence-electron chi connectivity index (χ3n) is 4.86. The zero-order chi connectivity index (χ0) is 22.1. The fraction of sp³-hybridized carbons (Fsp3) is 0.292. The van der Waals surface area contributed by atoms with Crippen molar-refractivity contribution >= 4 is 45.6 Å². The van der Waals surface area contributed by atoms with Gasteiger partial charge in [-0.1, -0.05) is 58.4 Å². The minimum absolute atomic E-state index is 0.126. The molecule has 1 aliphatic rings. The molecule has 3 N–H and O–H groups in total. The molecule has 0 radical (unpaired) electrons. The number of hydrogen-bond donors (Lipinski definition) is 3. The highest BCUT2D eigenvalue weighted by Crippen LogP contribution is 2.25. The molecule has 2 aromatic rings. The minimum Gasteiger partial charge on any atom is -0.490 e. The van der Waals surface area contributed by atoms with E-state index in [1.54, 1.807) is 12.1 Å². The number of rotatable bonds is 11. The molecule has 0 aromatic heterocycles. The Bertz CT molecular complexity index is 944. The number of nitrogens with one attached hydrogen (secondary N) is 3. The lowest BCUT2D eigenvalue weighted by molar-refractivity contribution is 0.0953. The first kappa shape index (κ1) is 23.5.